The van der Waals surface area contributed by atoms with Crippen LogP contribution in [0.15, 0.2) is 29.8 Å². The minimum Gasteiger partial charge on any atom is -0.320 e. The molecule has 1 aromatic carbocycles. The van der Waals surface area contributed by atoms with Gasteiger partial charge in [-0.2, -0.15) is 0 Å². The van der Waals surface area contributed by atoms with Gasteiger partial charge in [0.1, 0.15) is 0 Å². The SMILES string of the molecule is Cc1ccc(C#CCN)cc1C(=O)Nc1nccs1. The number of hydrogen-bond acceptors (Lipinski definition) is 4. The van der Waals surface area contributed by atoms with Crippen molar-refractivity contribution in [2.75, 3.05) is 11.9 Å². The summed E-state index contributed by atoms with van der Waals surface area (Å²) in [4.78, 5) is 16.2. The summed E-state index contributed by atoms with van der Waals surface area (Å²) in [6.45, 7) is 2.19. The van der Waals surface area contributed by atoms with Crippen molar-refractivity contribution < 1.29 is 4.79 Å². The molecule has 1 amide bonds. The molecule has 0 bridgehead atoms. The van der Waals surface area contributed by atoms with E-state index in [-0.39, 0.29) is 5.91 Å². The molecule has 3 N–H and O–H groups in total. The van der Waals surface area contributed by atoms with Gasteiger partial charge in [-0.25, -0.2) is 4.98 Å². The Hall–Kier alpha value is -2.16. The summed E-state index contributed by atoms with van der Waals surface area (Å²) in [5, 5.41) is 5.16. The number of hydrogen-bond donors (Lipinski definition) is 2. The first-order chi connectivity index (χ1) is 9.20. The first-order valence-electron chi connectivity index (χ1n) is 5.71. The van der Waals surface area contributed by atoms with Gasteiger partial charge in [0.15, 0.2) is 5.13 Å². The Kier molecular flexibility index (Phi) is 4.29. The first-order valence-corrected chi connectivity index (χ1v) is 6.59. The lowest BCUT2D eigenvalue weighted by Crippen LogP contribution is -2.13. The summed E-state index contributed by atoms with van der Waals surface area (Å²) in [5.74, 6) is 5.51. The minimum atomic E-state index is -0.177. The number of carbonyl (C=O) groups excluding carboxylic acids is 1. The van der Waals surface area contributed by atoms with Crippen LogP contribution in [0.1, 0.15) is 21.5 Å². The molecule has 96 valence electrons. The lowest BCUT2D eigenvalue weighted by Gasteiger charge is -2.06. The van der Waals surface area contributed by atoms with Crippen LogP contribution in [-0.2, 0) is 0 Å². The Bertz CT molecular complexity index is 638. The van der Waals surface area contributed by atoms with Gasteiger partial charge < -0.3 is 5.73 Å². The number of aromatic nitrogens is 1. The van der Waals surface area contributed by atoms with Crippen LogP contribution in [-0.4, -0.2) is 17.4 Å². The molecule has 0 saturated heterocycles. The third-order valence-electron chi connectivity index (χ3n) is 2.47. The van der Waals surface area contributed by atoms with Crippen LogP contribution in [0.3, 0.4) is 0 Å². The van der Waals surface area contributed by atoms with Crippen molar-refractivity contribution in [2.45, 2.75) is 6.92 Å². The molecule has 0 atom stereocenters. The van der Waals surface area contributed by atoms with Crippen molar-refractivity contribution in [1.82, 2.24) is 4.98 Å². The molecule has 1 aromatic heterocycles. The monoisotopic (exact) mass is 271 g/mol. The molecule has 2 rings (SSSR count). The highest BCUT2D eigenvalue weighted by molar-refractivity contribution is 7.13. The highest BCUT2D eigenvalue weighted by Gasteiger charge is 2.10. The van der Waals surface area contributed by atoms with Gasteiger partial charge in [-0.15, -0.1) is 11.3 Å². The fraction of sp³-hybridized carbons (Fsp3) is 0.143. The van der Waals surface area contributed by atoms with E-state index in [1.165, 1.54) is 11.3 Å². The fourth-order valence-corrected chi connectivity index (χ4v) is 2.07. The maximum absolute atomic E-state index is 12.1. The summed E-state index contributed by atoms with van der Waals surface area (Å²) in [5.41, 5.74) is 7.60. The van der Waals surface area contributed by atoms with E-state index in [9.17, 15) is 4.79 Å². The van der Waals surface area contributed by atoms with Crippen molar-refractivity contribution in [2.24, 2.45) is 5.73 Å². The van der Waals surface area contributed by atoms with E-state index in [4.69, 9.17) is 5.73 Å². The Morgan fingerprint density at radius 2 is 2.37 bits per heavy atom. The van der Waals surface area contributed by atoms with Crippen molar-refractivity contribution in [1.29, 1.82) is 0 Å². The van der Waals surface area contributed by atoms with E-state index in [2.05, 4.69) is 22.1 Å². The topological polar surface area (TPSA) is 68.0 Å². The van der Waals surface area contributed by atoms with Gasteiger partial charge in [-0.3, -0.25) is 10.1 Å². The van der Waals surface area contributed by atoms with Crippen LogP contribution in [0.2, 0.25) is 0 Å². The van der Waals surface area contributed by atoms with E-state index in [0.717, 1.165) is 11.1 Å². The molecular formula is C14H13N3OS. The maximum atomic E-state index is 12.1. The number of benzene rings is 1. The van der Waals surface area contributed by atoms with Crippen LogP contribution in [0, 0.1) is 18.8 Å². The van der Waals surface area contributed by atoms with E-state index in [1.54, 1.807) is 12.3 Å². The summed E-state index contributed by atoms with van der Waals surface area (Å²) in [7, 11) is 0. The average molecular weight is 271 g/mol. The van der Waals surface area contributed by atoms with Gasteiger partial charge >= 0.3 is 0 Å². The Morgan fingerprint density at radius 1 is 1.53 bits per heavy atom. The van der Waals surface area contributed by atoms with E-state index in [1.807, 2.05) is 24.4 Å². The van der Waals surface area contributed by atoms with E-state index >= 15 is 0 Å². The predicted molar refractivity (Wildman–Crippen MR) is 77.2 cm³/mol. The van der Waals surface area contributed by atoms with Gasteiger partial charge in [0.05, 0.1) is 6.54 Å². The lowest BCUT2D eigenvalue weighted by atomic mass is 10.0. The zero-order valence-corrected chi connectivity index (χ0v) is 11.3. The van der Waals surface area contributed by atoms with Gasteiger partial charge in [-0.1, -0.05) is 17.9 Å². The molecule has 0 spiro atoms. The number of thiazole rings is 1. The molecule has 0 fully saturated rings. The second-order valence-corrected chi connectivity index (χ2v) is 4.72. The molecule has 0 saturated carbocycles. The first kappa shape index (κ1) is 13.3. The van der Waals surface area contributed by atoms with Crippen molar-refractivity contribution in [3.05, 3.63) is 46.5 Å². The summed E-state index contributed by atoms with van der Waals surface area (Å²) in [6, 6.07) is 5.51. The largest absolute Gasteiger partial charge is 0.320 e. The molecule has 4 nitrogen and oxygen atoms in total. The number of nitrogens with one attached hydrogen (secondary N) is 1. The second kappa shape index (κ2) is 6.14. The number of anilines is 1. The van der Waals surface area contributed by atoms with E-state index in [0.29, 0.717) is 17.2 Å². The number of rotatable bonds is 2. The van der Waals surface area contributed by atoms with Crippen molar-refractivity contribution >= 4 is 22.4 Å². The maximum Gasteiger partial charge on any atom is 0.257 e. The Morgan fingerprint density at radius 3 is 3.05 bits per heavy atom. The Labute approximate surface area is 115 Å². The minimum absolute atomic E-state index is 0.177. The second-order valence-electron chi connectivity index (χ2n) is 3.83. The molecule has 19 heavy (non-hydrogen) atoms. The molecule has 0 radical (unpaired) electrons. The number of aryl methyl sites for hydroxylation is 1. The quantitative estimate of drug-likeness (QED) is 0.821. The van der Waals surface area contributed by atoms with Crippen LogP contribution < -0.4 is 11.1 Å². The Balaban J connectivity index is 2.25. The predicted octanol–water partition coefficient (Wildman–Crippen LogP) is 2.01. The summed E-state index contributed by atoms with van der Waals surface area (Å²) >= 11 is 1.38. The molecule has 0 aliphatic rings. The van der Waals surface area contributed by atoms with Crippen molar-refractivity contribution in [3.63, 3.8) is 0 Å². The zero-order chi connectivity index (χ0) is 13.7. The van der Waals surface area contributed by atoms with Crippen LogP contribution in [0.25, 0.3) is 0 Å². The fourth-order valence-electron chi connectivity index (χ4n) is 1.55. The van der Waals surface area contributed by atoms with E-state index < -0.39 is 0 Å². The molecule has 5 heteroatoms. The highest BCUT2D eigenvalue weighted by atomic mass is 32.1. The molecule has 1 heterocycles. The zero-order valence-electron chi connectivity index (χ0n) is 10.4. The molecule has 0 aliphatic heterocycles. The normalized spacial score (nSPS) is 9.58. The summed E-state index contributed by atoms with van der Waals surface area (Å²) < 4.78 is 0. The molecule has 2 aromatic rings. The number of nitrogens with zero attached hydrogens (tertiary/aromatic N) is 1. The molecule has 0 unspecified atom stereocenters. The molecular weight excluding hydrogens is 258 g/mol. The van der Waals surface area contributed by atoms with Gasteiger partial charge in [0.25, 0.3) is 5.91 Å². The number of carbonyl (C=O) groups is 1. The van der Waals surface area contributed by atoms with Crippen LogP contribution in [0.4, 0.5) is 5.13 Å². The van der Waals surface area contributed by atoms with Crippen LogP contribution in [0.5, 0.6) is 0 Å². The lowest BCUT2D eigenvalue weighted by molar-refractivity contribution is 0.102. The summed E-state index contributed by atoms with van der Waals surface area (Å²) in [6.07, 6.45) is 1.65. The van der Waals surface area contributed by atoms with Crippen molar-refractivity contribution in [3.8, 4) is 11.8 Å². The third-order valence-corrected chi connectivity index (χ3v) is 3.16. The highest BCUT2D eigenvalue weighted by Crippen LogP contribution is 2.15. The van der Waals surface area contributed by atoms with Crippen LogP contribution >= 0.6 is 11.3 Å². The number of amides is 1. The average Bonchev–Trinajstić information content (AvgIpc) is 2.90. The molecule has 0 aliphatic carbocycles. The van der Waals surface area contributed by atoms with Gasteiger partial charge in [0, 0.05) is 22.7 Å². The third kappa shape index (κ3) is 3.41. The van der Waals surface area contributed by atoms with Gasteiger partial charge in [-0.05, 0) is 24.6 Å². The smallest absolute Gasteiger partial charge is 0.257 e. The number of nitrogens with two attached hydrogens (primary N) is 1. The van der Waals surface area contributed by atoms with Gasteiger partial charge in [0.2, 0.25) is 0 Å². The standard InChI is InChI=1S/C14H13N3OS/c1-10-4-5-11(3-2-6-15)9-12(10)13(18)17-14-16-7-8-19-14/h4-5,7-9H,6,15H2,1H3,(H,16,17,18).